The summed E-state index contributed by atoms with van der Waals surface area (Å²) in [5.41, 5.74) is 1.72. The van der Waals surface area contributed by atoms with E-state index in [1.165, 1.54) is 12.6 Å². The van der Waals surface area contributed by atoms with Gasteiger partial charge in [-0.05, 0) is 37.5 Å². The molecule has 0 radical (unpaired) electrons. The third-order valence-corrected chi connectivity index (χ3v) is 4.01. The molecule has 1 heterocycles. The summed E-state index contributed by atoms with van der Waals surface area (Å²) >= 11 is 3.42. The van der Waals surface area contributed by atoms with Crippen LogP contribution in [0, 0.1) is 0 Å². The van der Waals surface area contributed by atoms with E-state index in [2.05, 4.69) is 26.2 Å². The van der Waals surface area contributed by atoms with E-state index in [0.29, 0.717) is 11.7 Å². The molecule has 0 bridgehead atoms. The van der Waals surface area contributed by atoms with Crippen molar-refractivity contribution in [2.45, 2.75) is 25.3 Å². The summed E-state index contributed by atoms with van der Waals surface area (Å²) in [4.78, 5) is 15.6. The monoisotopic (exact) mass is 320 g/mol. The molecular weight excluding hydrogens is 308 g/mol. The summed E-state index contributed by atoms with van der Waals surface area (Å²) in [5.74, 6) is -0.948. The summed E-state index contributed by atoms with van der Waals surface area (Å²) in [6.07, 6.45) is 4.82. The molecule has 2 N–H and O–H groups in total. The Morgan fingerprint density at radius 1 is 1.42 bits per heavy atom. The number of benzene rings is 1. The number of carbonyl (C=O) groups is 1. The van der Waals surface area contributed by atoms with Gasteiger partial charge in [0.2, 0.25) is 0 Å². The highest BCUT2D eigenvalue weighted by atomic mass is 79.9. The summed E-state index contributed by atoms with van der Waals surface area (Å²) in [6, 6.07) is 6.08. The Labute approximate surface area is 119 Å². The fraction of sp³-hybridized carbons (Fsp3) is 0.286. The number of nitrogens with zero attached hydrogens (tertiary/aromatic N) is 1. The molecule has 0 amide bonds. The Morgan fingerprint density at radius 3 is 2.84 bits per heavy atom. The van der Waals surface area contributed by atoms with Crippen LogP contribution in [0.1, 0.15) is 29.6 Å². The molecule has 0 saturated heterocycles. The average Bonchev–Trinajstić information content (AvgIpc) is 2.33. The van der Waals surface area contributed by atoms with Crippen LogP contribution >= 0.6 is 15.9 Å². The van der Waals surface area contributed by atoms with Crippen molar-refractivity contribution in [2.24, 2.45) is 0 Å². The van der Waals surface area contributed by atoms with Gasteiger partial charge in [-0.25, -0.2) is 4.79 Å². The molecule has 98 valence electrons. The van der Waals surface area contributed by atoms with E-state index < -0.39 is 5.97 Å². The van der Waals surface area contributed by atoms with Crippen LogP contribution in [-0.2, 0) is 0 Å². The van der Waals surface area contributed by atoms with Crippen LogP contribution < -0.4 is 5.32 Å². The Kier molecular flexibility index (Phi) is 3.14. The van der Waals surface area contributed by atoms with Crippen LogP contribution in [0.15, 0.2) is 28.9 Å². The van der Waals surface area contributed by atoms with Crippen molar-refractivity contribution in [3.63, 3.8) is 0 Å². The maximum absolute atomic E-state index is 11.3. The lowest BCUT2D eigenvalue weighted by atomic mass is 9.92. The number of pyridine rings is 1. The molecular formula is C14H13BrN2O2. The van der Waals surface area contributed by atoms with Crippen LogP contribution in [0.4, 0.5) is 5.69 Å². The van der Waals surface area contributed by atoms with Gasteiger partial charge < -0.3 is 10.4 Å². The standard InChI is InChI=1S/C14H13BrN2O2/c15-8-4-5-12-10(6-8)13(17-9-2-1-3-9)11(7-16-12)14(18)19/h4-7,9H,1-3H2,(H,16,17)(H,18,19). The highest BCUT2D eigenvalue weighted by Gasteiger charge is 2.22. The molecule has 1 aliphatic carbocycles. The van der Waals surface area contributed by atoms with Crippen LogP contribution in [-0.4, -0.2) is 22.1 Å². The van der Waals surface area contributed by atoms with E-state index >= 15 is 0 Å². The number of aromatic carboxylic acids is 1. The van der Waals surface area contributed by atoms with Gasteiger partial charge in [-0.3, -0.25) is 4.98 Å². The molecule has 1 aromatic heterocycles. The number of aromatic nitrogens is 1. The molecule has 1 aliphatic rings. The van der Waals surface area contributed by atoms with Gasteiger partial charge in [0.05, 0.1) is 11.2 Å². The minimum atomic E-state index is -0.948. The summed E-state index contributed by atoms with van der Waals surface area (Å²) < 4.78 is 0.918. The quantitative estimate of drug-likeness (QED) is 0.906. The molecule has 1 aromatic carbocycles. The first-order chi connectivity index (χ1) is 9.15. The molecule has 2 aromatic rings. The van der Waals surface area contributed by atoms with Crippen molar-refractivity contribution >= 4 is 38.5 Å². The van der Waals surface area contributed by atoms with Crippen LogP contribution in [0.5, 0.6) is 0 Å². The molecule has 0 atom stereocenters. The normalized spacial score (nSPS) is 15.2. The lowest BCUT2D eigenvalue weighted by Crippen LogP contribution is -2.28. The number of halogens is 1. The lowest BCUT2D eigenvalue weighted by Gasteiger charge is -2.28. The Bertz CT molecular complexity index is 653. The lowest BCUT2D eigenvalue weighted by molar-refractivity contribution is 0.0697. The molecule has 19 heavy (non-hydrogen) atoms. The fourth-order valence-electron chi connectivity index (χ4n) is 2.24. The first-order valence-electron chi connectivity index (χ1n) is 6.23. The highest BCUT2D eigenvalue weighted by Crippen LogP contribution is 2.32. The van der Waals surface area contributed by atoms with Gasteiger partial charge in [-0.2, -0.15) is 0 Å². The molecule has 5 heteroatoms. The summed E-state index contributed by atoms with van der Waals surface area (Å²) in [5, 5.41) is 13.5. The van der Waals surface area contributed by atoms with Crippen LogP contribution in [0.2, 0.25) is 0 Å². The Morgan fingerprint density at radius 2 is 2.21 bits per heavy atom. The molecule has 1 fully saturated rings. The van der Waals surface area contributed by atoms with E-state index in [4.69, 9.17) is 0 Å². The number of carboxylic acid groups (broad SMARTS) is 1. The Hall–Kier alpha value is -1.62. The molecule has 3 rings (SSSR count). The maximum atomic E-state index is 11.3. The SMILES string of the molecule is O=C(O)c1cnc2ccc(Br)cc2c1NC1CCC1. The topological polar surface area (TPSA) is 62.2 Å². The van der Waals surface area contributed by atoms with E-state index in [-0.39, 0.29) is 5.56 Å². The summed E-state index contributed by atoms with van der Waals surface area (Å²) in [7, 11) is 0. The van der Waals surface area contributed by atoms with Crippen molar-refractivity contribution in [1.82, 2.24) is 4.98 Å². The second-order valence-electron chi connectivity index (χ2n) is 4.79. The number of fused-ring (bicyclic) bond motifs is 1. The van der Waals surface area contributed by atoms with Gasteiger partial charge in [-0.15, -0.1) is 0 Å². The first-order valence-corrected chi connectivity index (χ1v) is 7.02. The third-order valence-electron chi connectivity index (χ3n) is 3.51. The van der Waals surface area contributed by atoms with Crippen molar-refractivity contribution in [3.05, 3.63) is 34.4 Å². The molecule has 1 saturated carbocycles. The second kappa shape index (κ2) is 4.81. The van der Waals surface area contributed by atoms with Gasteiger partial charge in [-0.1, -0.05) is 15.9 Å². The Balaban J connectivity index is 2.17. The van der Waals surface area contributed by atoms with Crippen molar-refractivity contribution < 1.29 is 9.90 Å². The number of nitrogens with one attached hydrogen (secondary N) is 1. The minimum Gasteiger partial charge on any atom is -0.478 e. The fourth-order valence-corrected chi connectivity index (χ4v) is 2.60. The number of hydrogen-bond donors (Lipinski definition) is 2. The largest absolute Gasteiger partial charge is 0.478 e. The zero-order chi connectivity index (χ0) is 13.4. The van der Waals surface area contributed by atoms with E-state index in [0.717, 1.165) is 28.2 Å². The first kappa shape index (κ1) is 12.4. The number of hydrogen-bond acceptors (Lipinski definition) is 3. The number of carboxylic acids is 1. The van der Waals surface area contributed by atoms with Crippen molar-refractivity contribution in [3.8, 4) is 0 Å². The van der Waals surface area contributed by atoms with Gasteiger partial charge in [0, 0.05) is 22.1 Å². The van der Waals surface area contributed by atoms with Gasteiger partial charge in [0.1, 0.15) is 5.56 Å². The smallest absolute Gasteiger partial charge is 0.339 e. The highest BCUT2D eigenvalue weighted by molar-refractivity contribution is 9.10. The third kappa shape index (κ3) is 2.30. The number of anilines is 1. The summed E-state index contributed by atoms with van der Waals surface area (Å²) in [6.45, 7) is 0. The molecule has 0 spiro atoms. The van der Waals surface area contributed by atoms with Crippen molar-refractivity contribution in [2.75, 3.05) is 5.32 Å². The van der Waals surface area contributed by atoms with Crippen LogP contribution in [0.3, 0.4) is 0 Å². The van der Waals surface area contributed by atoms with Crippen molar-refractivity contribution in [1.29, 1.82) is 0 Å². The van der Waals surface area contributed by atoms with Gasteiger partial charge in [0.25, 0.3) is 0 Å². The molecule has 0 aliphatic heterocycles. The predicted molar refractivity (Wildman–Crippen MR) is 77.7 cm³/mol. The van der Waals surface area contributed by atoms with Gasteiger partial charge in [0.15, 0.2) is 0 Å². The second-order valence-corrected chi connectivity index (χ2v) is 5.70. The van der Waals surface area contributed by atoms with E-state index in [1.807, 2.05) is 18.2 Å². The zero-order valence-corrected chi connectivity index (χ0v) is 11.8. The predicted octanol–water partition coefficient (Wildman–Crippen LogP) is 3.66. The zero-order valence-electron chi connectivity index (χ0n) is 10.2. The van der Waals surface area contributed by atoms with Crippen LogP contribution in [0.25, 0.3) is 10.9 Å². The minimum absolute atomic E-state index is 0.234. The average molecular weight is 321 g/mol. The van der Waals surface area contributed by atoms with Gasteiger partial charge >= 0.3 is 5.97 Å². The van der Waals surface area contributed by atoms with E-state index in [1.54, 1.807) is 0 Å². The van der Waals surface area contributed by atoms with E-state index in [9.17, 15) is 9.90 Å². The number of rotatable bonds is 3. The molecule has 0 unspecified atom stereocenters. The maximum Gasteiger partial charge on any atom is 0.339 e. The molecule has 4 nitrogen and oxygen atoms in total.